The van der Waals surface area contributed by atoms with Gasteiger partial charge in [-0.2, -0.15) is 13.2 Å². The summed E-state index contributed by atoms with van der Waals surface area (Å²) in [6.07, 6.45) is -2.91. The molecule has 78 valence electrons. The van der Waals surface area contributed by atoms with Crippen molar-refractivity contribution in [1.29, 1.82) is 0 Å². The molecule has 0 aliphatic carbocycles. The maximum atomic E-state index is 12.0. The van der Waals surface area contributed by atoms with Gasteiger partial charge in [-0.3, -0.25) is 0 Å². The summed E-state index contributed by atoms with van der Waals surface area (Å²) in [6.45, 7) is -1.00. The number of nitrogens with two attached hydrogens (primary N) is 1. The van der Waals surface area contributed by atoms with Crippen molar-refractivity contribution < 1.29 is 13.2 Å². The number of nitrogens with zero attached hydrogens (tertiary/aromatic N) is 2. The molecule has 1 aromatic rings. The van der Waals surface area contributed by atoms with E-state index in [0.717, 1.165) is 4.90 Å². The van der Waals surface area contributed by atoms with E-state index in [9.17, 15) is 13.2 Å². The van der Waals surface area contributed by atoms with Crippen molar-refractivity contribution in [1.82, 2.24) is 4.98 Å². The second-order valence-electron chi connectivity index (χ2n) is 2.91. The van der Waals surface area contributed by atoms with Gasteiger partial charge in [0.05, 0.1) is 11.9 Å². The summed E-state index contributed by atoms with van der Waals surface area (Å²) >= 11 is 0. The van der Waals surface area contributed by atoms with E-state index in [2.05, 4.69) is 4.98 Å². The Hall–Kier alpha value is -1.46. The van der Waals surface area contributed by atoms with E-state index in [1.807, 2.05) is 0 Å². The second kappa shape index (κ2) is 3.73. The number of halogens is 3. The Bertz CT molecular complexity index is 294. The van der Waals surface area contributed by atoms with Crippen LogP contribution in [0.25, 0.3) is 0 Å². The zero-order chi connectivity index (χ0) is 10.8. The highest BCUT2D eigenvalue weighted by molar-refractivity contribution is 5.47. The molecule has 0 fully saturated rings. The first-order chi connectivity index (χ1) is 6.38. The standard InChI is InChI=1S/C8H10F3N3/c1-14(5-8(9,10)11)6-2-3-7(12)13-4-6/h2-4H,5H2,1H3,(H2,12,13). The number of nitrogen functional groups attached to an aromatic ring is 1. The minimum absolute atomic E-state index is 0.286. The molecule has 0 unspecified atom stereocenters. The molecule has 0 atom stereocenters. The molecular formula is C8H10F3N3. The van der Waals surface area contributed by atoms with Crippen LogP contribution in [0.1, 0.15) is 0 Å². The van der Waals surface area contributed by atoms with E-state index >= 15 is 0 Å². The molecular weight excluding hydrogens is 195 g/mol. The first-order valence-corrected chi connectivity index (χ1v) is 3.88. The van der Waals surface area contributed by atoms with Crippen LogP contribution in [-0.2, 0) is 0 Å². The van der Waals surface area contributed by atoms with Crippen molar-refractivity contribution in [2.75, 3.05) is 24.2 Å². The molecule has 0 bridgehead atoms. The highest BCUT2D eigenvalue weighted by Gasteiger charge is 2.29. The first kappa shape index (κ1) is 10.6. The number of anilines is 2. The molecule has 6 heteroatoms. The third-order valence-corrected chi connectivity index (χ3v) is 1.63. The van der Waals surface area contributed by atoms with E-state index in [4.69, 9.17) is 5.73 Å². The molecule has 0 radical (unpaired) electrons. The monoisotopic (exact) mass is 205 g/mol. The predicted molar refractivity (Wildman–Crippen MR) is 48.0 cm³/mol. The third kappa shape index (κ3) is 3.12. The second-order valence-corrected chi connectivity index (χ2v) is 2.91. The average molecular weight is 205 g/mol. The maximum absolute atomic E-state index is 12.0. The van der Waals surface area contributed by atoms with Gasteiger partial charge in [0.1, 0.15) is 12.4 Å². The smallest absolute Gasteiger partial charge is 0.384 e. The van der Waals surface area contributed by atoms with Crippen LogP contribution >= 0.6 is 0 Å². The Morgan fingerprint density at radius 1 is 1.43 bits per heavy atom. The number of aromatic nitrogens is 1. The molecule has 0 amide bonds. The quantitative estimate of drug-likeness (QED) is 0.798. The molecule has 0 saturated carbocycles. The zero-order valence-corrected chi connectivity index (χ0v) is 7.54. The number of hydrogen-bond donors (Lipinski definition) is 1. The van der Waals surface area contributed by atoms with Gasteiger partial charge in [0.2, 0.25) is 0 Å². The Morgan fingerprint density at radius 3 is 2.50 bits per heavy atom. The molecule has 1 rings (SSSR count). The van der Waals surface area contributed by atoms with Gasteiger partial charge in [-0.15, -0.1) is 0 Å². The molecule has 3 nitrogen and oxygen atoms in total. The van der Waals surface area contributed by atoms with Gasteiger partial charge in [0.25, 0.3) is 0 Å². The van der Waals surface area contributed by atoms with Crippen molar-refractivity contribution in [3.8, 4) is 0 Å². The van der Waals surface area contributed by atoms with Crippen LogP contribution in [-0.4, -0.2) is 24.8 Å². The Balaban J connectivity index is 2.70. The fourth-order valence-electron chi connectivity index (χ4n) is 0.984. The Kier molecular flexibility index (Phi) is 2.83. The normalized spacial score (nSPS) is 11.4. The van der Waals surface area contributed by atoms with E-state index in [0.29, 0.717) is 5.69 Å². The van der Waals surface area contributed by atoms with Crippen LogP contribution in [0.4, 0.5) is 24.7 Å². The van der Waals surface area contributed by atoms with Crippen LogP contribution in [0, 0.1) is 0 Å². The number of alkyl halides is 3. The molecule has 0 saturated heterocycles. The summed E-state index contributed by atoms with van der Waals surface area (Å²) in [5.41, 5.74) is 5.69. The van der Waals surface area contributed by atoms with Crippen LogP contribution in [0.3, 0.4) is 0 Å². The van der Waals surface area contributed by atoms with Gasteiger partial charge in [-0.1, -0.05) is 0 Å². The molecule has 1 aromatic heterocycles. The summed E-state index contributed by atoms with van der Waals surface area (Å²) in [4.78, 5) is 4.76. The van der Waals surface area contributed by atoms with Gasteiger partial charge in [-0.25, -0.2) is 4.98 Å². The minimum Gasteiger partial charge on any atom is -0.384 e. The predicted octanol–water partition coefficient (Wildman–Crippen LogP) is 1.66. The fourth-order valence-corrected chi connectivity index (χ4v) is 0.984. The van der Waals surface area contributed by atoms with E-state index < -0.39 is 12.7 Å². The fraction of sp³-hybridized carbons (Fsp3) is 0.375. The minimum atomic E-state index is -4.21. The van der Waals surface area contributed by atoms with E-state index in [1.54, 1.807) is 0 Å². The topological polar surface area (TPSA) is 42.1 Å². The lowest BCUT2D eigenvalue weighted by Crippen LogP contribution is -2.30. The summed E-state index contributed by atoms with van der Waals surface area (Å²) in [5.74, 6) is 0.286. The first-order valence-electron chi connectivity index (χ1n) is 3.88. The molecule has 0 spiro atoms. The van der Waals surface area contributed by atoms with Gasteiger partial charge in [0, 0.05) is 7.05 Å². The van der Waals surface area contributed by atoms with Gasteiger partial charge in [-0.05, 0) is 12.1 Å². The molecule has 1 heterocycles. The van der Waals surface area contributed by atoms with Crippen molar-refractivity contribution >= 4 is 11.5 Å². The lowest BCUT2D eigenvalue weighted by Gasteiger charge is -2.20. The maximum Gasteiger partial charge on any atom is 0.405 e. The Labute approximate surface area is 79.3 Å². The highest BCUT2D eigenvalue weighted by atomic mass is 19.4. The lowest BCUT2D eigenvalue weighted by molar-refractivity contribution is -0.119. The average Bonchev–Trinajstić information content (AvgIpc) is 2.02. The SMILES string of the molecule is CN(CC(F)(F)F)c1ccc(N)nc1. The van der Waals surface area contributed by atoms with Gasteiger partial charge >= 0.3 is 6.18 Å². The summed E-state index contributed by atoms with van der Waals surface area (Å²) in [7, 11) is 1.35. The molecule has 0 aliphatic heterocycles. The van der Waals surface area contributed by atoms with Gasteiger partial charge < -0.3 is 10.6 Å². The van der Waals surface area contributed by atoms with Gasteiger partial charge in [0.15, 0.2) is 0 Å². The molecule has 14 heavy (non-hydrogen) atoms. The number of rotatable bonds is 2. The van der Waals surface area contributed by atoms with E-state index in [1.165, 1.54) is 25.4 Å². The zero-order valence-electron chi connectivity index (χ0n) is 7.54. The van der Waals surface area contributed by atoms with Crippen molar-refractivity contribution in [2.45, 2.75) is 6.18 Å². The van der Waals surface area contributed by atoms with Crippen LogP contribution in [0.5, 0.6) is 0 Å². The van der Waals surface area contributed by atoms with Crippen LogP contribution in [0.15, 0.2) is 18.3 Å². The van der Waals surface area contributed by atoms with Crippen LogP contribution in [0.2, 0.25) is 0 Å². The van der Waals surface area contributed by atoms with Crippen molar-refractivity contribution in [2.24, 2.45) is 0 Å². The highest BCUT2D eigenvalue weighted by Crippen LogP contribution is 2.20. The lowest BCUT2D eigenvalue weighted by atomic mass is 10.3. The largest absolute Gasteiger partial charge is 0.405 e. The van der Waals surface area contributed by atoms with E-state index in [-0.39, 0.29) is 5.82 Å². The summed E-state index contributed by atoms with van der Waals surface area (Å²) in [5, 5.41) is 0. The molecule has 0 aliphatic rings. The molecule has 0 aromatic carbocycles. The third-order valence-electron chi connectivity index (χ3n) is 1.63. The van der Waals surface area contributed by atoms with Crippen molar-refractivity contribution in [3.05, 3.63) is 18.3 Å². The number of hydrogen-bond acceptors (Lipinski definition) is 3. The number of pyridine rings is 1. The molecule has 2 N–H and O–H groups in total. The summed E-state index contributed by atoms with van der Waals surface area (Å²) < 4.78 is 36.0. The summed E-state index contributed by atoms with van der Waals surface area (Å²) in [6, 6.07) is 2.95. The van der Waals surface area contributed by atoms with Crippen molar-refractivity contribution in [3.63, 3.8) is 0 Å². The van der Waals surface area contributed by atoms with Crippen LogP contribution < -0.4 is 10.6 Å². The Morgan fingerprint density at radius 2 is 2.07 bits per heavy atom.